The number of hydrogen-bond donors (Lipinski definition) is 1. The van der Waals surface area contributed by atoms with Crippen LogP contribution < -0.4 is 10.5 Å². The Balaban J connectivity index is 1.51. The summed E-state index contributed by atoms with van der Waals surface area (Å²) in [5.74, 6) is 0.703. The van der Waals surface area contributed by atoms with Crippen molar-refractivity contribution in [1.29, 1.82) is 0 Å². The zero-order valence-corrected chi connectivity index (χ0v) is 15.4. The molecule has 2 aliphatic heterocycles. The fourth-order valence-electron chi connectivity index (χ4n) is 3.49. The molecule has 0 atom stereocenters. The number of H-pyrrole nitrogens is 1. The maximum atomic E-state index is 12.6. The second-order valence-corrected chi connectivity index (χ2v) is 7.72. The zero-order valence-electron chi connectivity index (χ0n) is 14.6. The van der Waals surface area contributed by atoms with Crippen LogP contribution in [0.15, 0.2) is 16.2 Å². The summed E-state index contributed by atoms with van der Waals surface area (Å²) in [6.45, 7) is 7.93. The lowest BCUT2D eigenvalue weighted by molar-refractivity contribution is 0.122. The first kappa shape index (κ1) is 16.8. The van der Waals surface area contributed by atoms with Crippen LogP contribution in [0.4, 0.5) is 5.95 Å². The molecule has 0 saturated carbocycles. The molecule has 0 radical (unpaired) electrons. The topological polar surface area (TPSA) is 61.5 Å². The molecule has 2 aliphatic rings. The van der Waals surface area contributed by atoms with E-state index in [9.17, 15) is 4.79 Å². The van der Waals surface area contributed by atoms with E-state index in [0.29, 0.717) is 19.2 Å². The number of aromatic nitrogens is 2. The Morgan fingerprint density at radius 1 is 1.24 bits per heavy atom. The second kappa shape index (κ2) is 7.27. The summed E-state index contributed by atoms with van der Waals surface area (Å²) >= 11 is 1.81. The highest BCUT2D eigenvalue weighted by Crippen LogP contribution is 2.20. The number of nitrogens with one attached hydrogen (secondary N) is 1. The summed E-state index contributed by atoms with van der Waals surface area (Å²) in [7, 11) is 0. The van der Waals surface area contributed by atoms with Crippen molar-refractivity contribution in [3.8, 4) is 0 Å². The summed E-state index contributed by atoms with van der Waals surface area (Å²) in [6.07, 6.45) is 1.60. The molecule has 4 rings (SSSR count). The van der Waals surface area contributed by atoms with Gasteiger partial charge in [-0.15, -0.1) is 11.3 Å². The predicted octanol–water partition coefficient (Wildman–Crippen LogP) is 1.58. The van der Waals surface area contributed by atoms with E-state index >= 15 is 0 Å². The van der Waals surface area contributed by atoms with Gasteiger partial charge in [0.15, 0.2) is 0 Å². The van der Waals surface area contributed by atoms with Gasteiger partial charge in [0.2, 0.25) is 5.95 Å². The highest BCUT2D eigenvalue weighted by Gasteiger charge is 2.21. The van der Waals surface area contributed by atoms with E-state index in [0.717, 1.165) is 56.8 Å². The molecule has 1 saturated heterocycles. The van der Waals surface area contributed by atoms with Crippen molar-refractivity contribution < 1.29 is 4.74 Å². The van der Waals surface area contributed by atoms with Crippen LogP contribution in [0.1, 0.15) is 21.7 Å². The molecule has 4 heterocycles. The Hall–Kier alpha value is -1.70. The quantitative estimate of drug-likeness (QED) is 0.900. The lowest BCUT2D eigenvalue weighted by Crippen LogP contribution is -2.38. The Kier molecular flexibility index (Phi) is 4.87. The van der Waals surface area contributed by atoms with Crippen LogP contribution >= 0.6 is 11.3 Å². The summed E-state index contributed by atoms with van der Waals surface area (Å²) < 4.78 is 5.39. The smallest absolute Gasteiger partial charge is 0.255 e. The highest BCUT2D eigenvalue weighted by molar-refractivity contribution is 7.10. The van der Waals surface area contributed by atoms with E-state index in [1.165, 1.54) is 10.4 Å². The van der Waals surface area contributed by atoms with Crippen molar-refractivity contribution in [2.75, 3.05) is 44.3 Å². The molecule has 0 spiro atoms. The Morgan fingerprint density at radius 3 is 2.80 bits per heavy atom. The van der Waals surface area contributed by atoms with Crippen molar-refractivity contribution in [3.63, 3.8) is 0 Å². The van der Waals surface area contributed by atoms with E-state index in [1.807, 2.05) is 11.3 Å². The number of hydrogen-bond acceptors (Lipinski definition) is 6. The molecular formula is C18H24N4O2S. The Morgan fingerprint density at radius 2 is 2.04 bits per heavy atom. The van der Waals surface area contributed by atoms with Gasteiger partial charge in [-0.05, 0) is 30.4 Å². The number of ether oxygens (including phenoxy) is 1. The van der Waals surface area contributed by atoms with Gasteiger partial charge in [0.25, 0.3) is 5.56 Å². The molecule has 0 aromatic carbocycles. The normalized spacial score (nSPS) is 18.8. The van der Waals surface area contributed by atoms with E-state index in [4.69, 9.17) is 9.72 Å². The molecule has 25 heavy (non-hydrogen) atoms. The first-order valence-corrected chi connectivity index (χ1v) is 9.79. The number of fused-ring (bicyclic) bond motifs is 1. The highest BCUT2D eigenvalue weighted by atomic mass is 32.1. The molecule has 1 fully saturated rings. The molecular weight excluding hydrogens is 336 g/mol. The molecule has 0 amide bonds. The molecule has 7 heteroatoms. The summed E-state index contributed by atoms with van der Waals surface area (Å²) in [6, 6.07) is 2.17. The molecule has 6 nitrogen and oxygen atoms in total. The molecule has 134 valence electrons. The number of thiophene rings is 1. The third kappa shape index (κ3) is 3.63. The number of aryl methyl sites for hydroxylation is 1. The van der Waals surface area contributed by atoms with Gasteiger partial charge in [0, 0.05) is 49.6 Å². The number of anilines is 1. The fraction of sp³-hybridized carbons (Fsp3) is 0.556. The lowest BCUT2D eigenvalue weighted by atomic mass is 10.1. The lowest BCUT2D eigenvalue weighted by Gasteiger charge is -2.27. The van der Waals surface area contributed by atoms with Gasteiger partial charge in [0.1, 0.15) is 0 Å². The van der Waals surface area contributed by atoms with E-state index < -0.39 is 0 Å². The number of rotatable bonds is 3. The average molecular weight is 360 g/mol. The van der Waals surface area contributed by atoms with Gasteiger partial charge in [0.05, 0.1) is 18.9 Å². The van der Waals surface area contributed by atoms with Crippen LogP contribution in [0.2, 0.25) is 0 Å². The van der Waals surface area contributed by atoms with Crippen molar-refractivity contribution in [2.45, 2.75) is 26.3 Å². The minimum absolute atomic E-state index is 0.0284. The Bertz CT molecular complexity index is 795. The van der Waals surface area contributed by atoms with E-state index in [1.54, 1.807) is 0 Å². The molecule has 0 bridgehead atoms. The fourth-order valence-corrected chi connectivity index (χ4v) is 4.44. The second-order valence-electron chi connectivity index (χ2n) is 6.72. The van der Waals surface area contributed by atoms with Gasteiger partial charge >= 0.3 is 0 Å². The van der Waals surface area contributed by atoms with E-state index in [-0.39, 0.29) is 5.56 Å². The summed E-state index contributed by atoms with van der Waals surface area (Å²) in [5, 5.41) is 2.15. The first-order chi connectivity index (χ1) is 12.2. The monoisotopic (exact) mass is 360 g/mol. The van der Waals surface area contributed by atoms with Crippen molar-refractivity contribution in [2.24, 2.45) is 0 Å². The molecule has 0 unspecified atom stereocenters. The molecule has 2 aromatic rings. The van der Waals surface area contributed by atoms with Crippen LogP contribution in [0.5, 0.6) is 0 Å². The van der Waals surface area contributed by atoms with Crippen molar-refractivity contribution >= 4 is 17.3 Å². The van der Waals surface area contributed by atoms with Crippen molar-refractivity contribution in [1.82, 2.24) is 14.9 Å². The molecule has 1 N–H and O–H groups in total. The predicted molar refractivity (Wildman–Crippen MR) is 99.6 cm³/mol. The van der Waals surface area contributed by atoms with Gasteiger partial charge < -0.3 is 9.64 Å². The number of morpholine rings is 1. The van der Waals surface area contributed by atoms with Crippen LogP contribution in [-0.4, -0.2) is 54.3 Å². The van der Waals surface area contributed by atoms with E-state index in [2.05, 4.69) is 33.2 Å². The number of nitrogens with zero attached hydrogens (tertiary/aromatic N) is 3. The first-order valence-electron chi connectivity index (χ1n) is 8.91. The van der Waals surface area contributed by atoms with Gasteiger partial charge in [-0.2, -0.15) is 0 Å². The number of aromatic amines is 1. The standard InChI is InChI=1S/C18H24N4O2S/c1-13-4-11-25-16(13)12-21-5-2-14-15(3-6-21)19-18(20-17(14)23)22-7-9-24-10-8-22/h4,11H,2-3,5-10,12H2,1H3,(H,19,20,23). The summed E-state index contributed by atoms with van der Waals surface area (Å²) in [4.78, 5) is 26.3. The van der Waals surface area contributed by atoms with Gasteiger partial charge in [-0.1, -0.05) is 0 Å². The van der Waals surface area contributed by atoms with Crippen LogP contribution in [0, 0.1) is 6.92 Å². The average Bonchev–Trinajstić information content (AvgIpc) is 2.91. The molecule has 2 aromatic heterocycles. The maximum absolute atomic E-state index is 12.6. The zero-order chi connectivity index (χ0) is 17.2. The maximum Gasteiger partial charge on any atom is 0.255 e. The van der Waals surface area contributed by atoms with Gasteiger partial charge in [-0.25, -0.2) is 4.98 Å². The van der Waals surface area contributed by atoms with Crippen LogP contribution in [0.3, 0.4) is 0 Å². The minimum atomic E-state index is 0.0284. The summed E-state index contributed by atoms with van der Waals surface area (Å²) in [5.41, 5.74) is 3.22. The SMILES string of the molecule is Cc1ccsc1CN1CCc2nc(N3CCOCC3)[nH]c(=O)c2CC1. The third-order valence-corrected chi connectivity index (χ3v) is 6.09. The molecule has 0 aliphatic carbocycles. The minimum Gasteiger partial charge on any atom is -0.378 e. The van der Waals surface area contributed by atoms with Crippen LogP contribution in [-0.2, 0) is 24.1 Å². The van der Waals surface area contributed by atoms with Crippen LogP contribution in [0.25, 0.3) is 0 Å². The largest absolute Gasteiger partial charge is 0.378 e. The third-order valence-electron chi connectivity index (χ3n) is 5.08. The van der Waals surface area contributed by atoms with Crippen molar-refractivity contribution in [3.05, 3.63) is 43.5 Å². The Labute approximate surface area is 151 Å². The van der Waals surface area contributed by atoms with Gasteiger partial charge in [-0.3, -0.25) is 14.7 Å².